The molecule has 0 aromatic carbocycles. The summed E-state index contributed by atoms with van der Waals surface area (Å²) in [6.45, 7) is 1.88. The van der Waals surface area contributed by atoms with Gasteiger partial charge in [-0.25, -0.2) is 0 Å². The van der Waals surface area contributed by atoms with Crippen LogP contribution < -0.4 is 5.32 Å². The van der Waals surface area contributed by atoms with E-state index >= 15 is 0 Å². The van der Waals surface area contributed by atoms with E-state index in [1.807, 2.05) is 0 Å². The van der Waals surface area contributed by atoms with Crippen LogP contribution in [0.5, 0.6) is 0 Å². The molecule has 1 fully saturated rings. The maximum Gasteiger partial charge on any atom is 0.251 e. The molecule has 0 bridgehead atoms. The maximum atomic E-state index is 11.8. The van der Waals surface area contributed by atoms with E-state index in [-0.39, 0.29) is 11.9 Å². The number of halogens is 1. The summed E-state index contributed by atoms with van der Waals surface area (Å²) in [6, 6.07) is 0.0161. The summed E-state index contributed by atoms with van der Waals surface area (Å²) in [5.41, 5.74) is 0. The van der Waals surface area contributed by atoms with Gasteiger partial charge in [0.15, 0.2) is 6.10 Å². The highest BCUT2D eigenvalue weighted by Gasteiger charge is 2.24. The van der Waals surface area contributed by atoms with Crippen LogP contribution in [-0.4, -0.2) is 56.9 Å². The standard InChI is InChI=1S/C10H18BrNO4/c1-14-6-8(2-3-11)12-10(13)9-7-15-4-5-16-9/h8-9H,2-7H2,1H3,(H,12,13). The number of rotatable bonds is 6. The van der Waals surface area contributed by atoms with Crippen molar-refractivity contribution in [3.05, 3.63) is 0 Å². The van der Waals surface area contributed by atoms with Crippen molar-refractivity contribution in [3.8, 4) is 0 Å². The highest BCUT2D eigenvalue weighted by atomic mass is 79.9. The summed E-state index contributed by atoms with van der Waals surface area (Å²) in [6.07, 6.45) is 0.344. The SMILES string of the molecule is COCC(CCBr)NC(=O)C1COCCO1. The Morgan fingerprint density at radius 3 is 3.00 bits per heavy atom. The fourth-order valence-electron chi connectivity index (χ4n) is 1.46. The van der Waals surface area contributed by atoms with E-state index in [0.29, 0.717) is 26.4 Å². The number of ether oxygens (including phenoxy) is 3. The smallest absolute Gasteiger partial charge is 0.251 e. The van der Waals surface area contributed by atoms with Crippen LogP contribution in [0.4, 0.5) is 0 Å². The zero-order valence-electron chi connectivity index (χ0n) is 9.41. The topological polar surface area (TPSA) is 56.8 Å². The van der Waals surface area contributed by atoms with Gasteiger partial charge in [0.1, 0.15) is 0 Å². The van der Waals surface area contributed by atoms with Crippen molar-refractivity contribution in [2.75, 3.05) is 38.9 Å². The van der Waals surface area contributed by atoms with Crippen LogP contribution in [-0.2, 0) is 19.0 Å². The van der Waals surface area contributed by atoms with Gasteiger partial charge in [-0.2, -0.15) is 0 Å². The Hall–Kier alpha value is -0.170. The van der Waals surface area contributed by atoms with E-state index in [9.17, 15) is 4.79 Å². The van der Waals surface area contributed by atoms with Crippen LogP contribution in [0.25, 0.3) is 0 Å². The predicted octanol–water partition coefficient (Wildman–Crippen LogP) is 0.318. The molecule has 0 radical (unpaired) electrons. The number of alkyl halides is 1. The van der Waals surface area contributed by atoms with Crippen molar-refractivity contribution in [3.63, 3.8) is 0 Å². The number of amides is 1. The molecule has 0 aliphatic carbocycles. The van der Waals surface area contributed by atoms with Crippen molar-refractivity contribution >= 4 is 21.8 Å². The molecular formula is C10H18BrNO4. The predicted molar refractivity (Wildman–Crippen MR) is 62.8 cm³/mol. The molecule has 1 saturated heterocycles. The lowest BCUT2D eigenvalue weighted by Crippen LogP contribution is -2.48. The van der Waals surface area contributed by atoms with Gasteiger partial charge in [-0.1, -0.05) is 15.9 Å². The van der Waals surface area contributed by atoms with Crippen LogP contribution in [0.2, 0.25) is 0 Å². The second kappa shape index (κ2) is 8.00. The molecule has 1 heterocycles. The zero-order valence-corrected chi connectivity index (χ0v) is 11.0. The highest BCUT2D eigenvalue weighted by molar-refractivity contribution is 9.09. The van der Waals surface area contributed by atoms with Gasteiger partial charge in [-0.3, -0.25) is 4.79 Å². The first kappa shape index (κ1) is 13.9. The first-order valence-electron chi connectivity index (χ1n) is 5.32. The number of carbonyl (C=O) groups is 1. The quantitative estimate of drug-likeness (QED) is 0.717. The summed E-state index contributed by atoms with van der Waals surface area (Å²) >= 11 is 3.34. The summed E-state index contributed by atoms with van der Waals surface area (Å²) < 4.78 is 15.5. The monoisotopic (exact) mass is 295 g/mol. The molecule has 2 unspecified atom stereocenters. The molecule has 1 N–H and O–H groups in total. The van der Waals surface area contributed by atoms with Gasteiger partial charge in [0, 0.05) is 12.4 Å². The molecule has 0 saturated carbocycles. The van der Waals surface area contributed by atoms with Crippen molar-refractivity contribution < 1.29 is 19.0 Å². The van der Waals surface area contributed by atoms with Crippen molar-refractivity contribution in [1.29, 1.82) is 0 Å². The lowest BCUT2D eigenvalue weighted by atomic mass is 10.2. The van der Waals surface area contributed by atoms with Gasteiger partial charge in [-0.15, -0.1) is 0 Å². The first-order valence-corrected chi connectivity index (χ1v) is 6.44. The van der Waals surface area contributed by atoms with Crippen LogP contribution in [0.3, 0.4) is 0 Å². The van der Waals surface area contributed by atoms with Crippen LogP contribution in [0.15, 0.2) is 0 Å². The minimum absolute atomic E-state index is 0.0161. The molecule has 1 aliphatic heterocycles. The maximum absolute atomic E-state index is 11.8. The van der Waals surface area contributed by atoms with Gasteiger partial charge in [-0.05, 0) is 6.42 Å². The molecule has 1 rings (SSSR count). The molecule has 0 spiro atoms. The molecule has 5 nitrogen and oxygen atoms in total. The van der Waals surface area contributed by atoms with Crippen LogP contribution in [0.1, 0.15) is 6.42 Å². The lowest BCUT2D eigenvalue weighted by Gasteiger charge is -2.24. The fourth-order valence-corrected chi connectivity index (χ4v) is 2.02. The van der Waals surface area contributed by atoms with E-state index in [1.165, 1.54) is 0 Å². The normalized spacial score (nSPS) is 22.8. The lowest BCUT2D eigenvalue weighted by molar-refractivity contribution is -0.148. The first-order chi connectivity index (χ1) is 7.77. The van der Waals surface area contributed by atoms with Crippen molar-refractivity contribution in [2.45, 2.75) is 18.6 Å². The molecule has 94 valence electrons. The van der Waals surface area contributed by atoms with Crippen molar-refractivity contribution in [2.24, 2.45) is 0 Å². The van der Waals surface area contributed by atoms with Crippen LogP contribution >= 0.6 is 15.9 Å². The van der Waals surface area contributed by atoms with Gasteiger partial charge < -0.3 is 19.5 Å². The fraction of sp³-hybridized carbons (Fsp3) is 0.900. The average molecular weight is 296 g/mol. The molecule has 16 heavy (non-hydrogen) atoms. The van der Waals surface area contributed by atoms with Gasteiger partial charge in [0.2, 0.25) is 0 Å². The Morgan fingerprint density at radius 1 is 1.62 bits per heavy atom. The van der Waals surface area contributed by atoms with Gasteiger partial charge in [0.25, 0.3) is 5.91 Å². The van der Waals surface area contributed by atoms with E-state index in [0.717, 1.165) is 11.8 Å². The molecule has 0 aromatic rings. The largest absolute Gasteiger partial charge is 0.383 e. The Bertz CT molecular complexity index is 203. The van der Waals surface area contributed by atoms with E-state index < -0.39 is 6.10 Å². The summed E-state index contributed by atoms with van der Waals surface area (Å²) in [4.78, 5) is 11.8. The Morgan fingerprint density at radius 2 is 2.44 bits per heavy atom. The molecule has 6 heteroatoms. The third-order valence-electron chi connectivity index (χ3n) is 2.28. The van der Waals surface area contributed by atoms with Gasteiger partial charge >= 0.3 is 0 Å². The number of carbonyl (C=O) groups excluding carboxylic acids is 1. The summed E-state index contributed by atoms with van der Waals surface area (Å²) in [5.74, 6) is -0.122. The van der Waals surface area contributed by atoms with E-state index in [4.69, 9.17) is 14.2 Å². The third kappa shape index (κ3) is 4.78. The van der Waals surface area contributed by atoms with Crippen molar-refractivity contribution in [1.82, 2.24) is 5.32 Å². The third-order valence-corrected chi connectivity index (χ3v) is 2.74. The minimum Gasteiger partial charge on any atom is -0.383 e. The minimum atomic E-state index is -0.483. The van der Waals surface area contributed by atoms with E-state index in [2.05, 4.69) is 21.2 Å². The number of hydrogen-bond donors (Lipinski definition) is 1. The second-order valence-electron chi connectivity index (χ2n) is 3.57. The zero-order chi connectivity index (χ0) is 11.8. The van der Waals surface area contributed by atoms with Crippen LogP contribution in [0, 0.1) is 0 Å². The average Bonchev–Trinajstić information content (AvgIpc) is 2.31. The number of hydrogen-bond acceptors (Lipinski definition) is 4. The Balaban J connectivity index is 2.33. The molecular weight excluding hydrogens is 278 g/mol. The summed E-state index contributed by atoms with van der Waals surface area (Å²) in [5, 5.41) is 3.71. The molecule has 0 aromatic heterocycles. The Labute approximate surface area is 104 Å². The van der Waals surface area contributed by atoms with E-state index in [1.54, 1.807) is 7.11 Å². The second-order valence-corrected chi connectivity index (χ2v) is 4.37. The molecule has 1 aliphatic rings. The highest BCUT2D eigenvalue weighted by Crippen LogP contribution is 2.03. The summed E-state index contributed by atoms with van der Waals surface area (Å²) in [7, 11) is 1.62. The number of nitrogens with one attached hydrogen (secondary N) is 1. The molecule has 2 atom stereocenters. The molecule has 1 amide bonds. The Kier molecular flexibility index (Phi) is 6.95. The number of methoxy groups -OCH3 is 1. The van der Waals surface area contributed by atoms with Gasteiger partial charge in [0.05, 0.1) is 32.5 Å².